The van der Waals surface area contributed by atoms with Gasteiger partial charge in [0.25, 0.3) is 5.91 Å². The van der Waals surface area contributed by atoms with Crippen LogP contribution in [0.2, 0.25) is 5.02 Å². The van der Waals surface area contributed by atoms with Crippen LogP contribution in [0.4, 0.5) is 26.8 Å². The van der Waals surface area contributed by atoms with Gasteiger partial charge in [-0.25, -0.2) is 19.3 Å². The van der Waals surface area contributed by atoms with Gasteiger partial charge in [0, 0.05) is 44.5 Å². The molecule has 1 aliphatic rings. The second-order valence-electron chi connectivity index (χ2n) is 7.45. The highest BCUT2D eigenvalue weighted by molar-refractivity contribution is 7.17. The standard InChI is InChI=1S/C21H23ClFN7O2S/c1-13-25-18(11-19(26-13)30-6-4-29(5-7-30)8-9-31)28-21-24-12-17(33-21)20(32)27-14-2-3-16(23)15(22)10-14/h2-3,10-12,31H,4-9H2,1H3,(H,27,32)(H,24,25,26,28). The first-order chi connectivity index (χ1) is 15.9. The summed E-state index contributed by atoms with van der Waals surface area (Å²) in [5.41, 5.74) is 0.393. The molecule has 0 spiro atoms. The maximum atomic E-state index is 13.3. The van der Waals surface area contributed by atoms with Crippen LogP contribution in [0.15, 0.2) is 30.5 Å². The van der Waals surface area contributed by atoms with Gasteiger partial charge in [0.05, 0.1) is 17.8 Å². The van der Waals surface area contributed by atoms with E-state index in [0.717, 1.165) is 32.0 Å². The number of nitrogens with zero attached hydrogens (tertiary/aromatic N) is 5. The number of hydrogen-bond donors (Lipinski definition) is 3. The Morgan fingerprint density at radius 3 is 2.76 bits per heavy atom. The van der Waals surface area contributed by atoms with Crippen LogP contribution in [0.25, 0.3) is 0 Å². The van der Waals surface area contributed by atoms with Crippen LogP contribution < -0.4 is 15.5 Å². The van der Waals surface area contributed by atoms with Gasteiger partial charge in [-0.3, -0.25) is 9.69 Å². The average molecular weight is 492 g/mol. The van der Waals surface area contributed by atoms with Crippen molar-refractivity contribution in [3.05, 3.63) is 52.0 Å². The Kier molecular flexibility index (Phi) is 7.33. The molecule has 3 heterocycles. The Morgan fingerprint density at radius 1 is 1.24 bits per heavy atom. The number of aliphatic hydroxyl groups is 1. The smallest absolute Gasteiger partial charge is 0.267 e. The van der Waals surface area contributed by atoms with Gasteiger partial charge < -0.3 is 20.6 Å². The Labute approximate surface area is 199 Å². The normalized spacial score (nSPS) is 14.4. The van der Waals surface area contributed by atoms with E-state index >= 15 is 0 Å². The van der Waals surface area contributed by atoms with E-state index in [-0.39, 0.29) is 17.5 Å². The topological polar surface area (TPSA) is 107 Å². The van der Waals surface area contributed by atoms with Crippen molar-refractivity contribution in [2.75, 3.05) is 54.9 Å². The number of anilines is 4. The molecule has 174 valence electrons. The summed E-state index contributed by atoms with van der Waals surface area (Å²) in [6.07, 6.45) is 1.46. The van der Waals surface area contributed by atoms with Gasteiger partial charge in [-0.05, 0) is 25.1 Å². The molecule has 2 aromatic heterocycles. The highest BCUT2D eigenvalue weighted by Gasteiger charge is 2.19. The second-order valence-corrected chi connectivity index (χ2v) is 8.89. The number of amides is 1. The van der Waals surface area contributed by atoms with Crippen LogP contribution in [0.3, 0.4) is 0 Å². The number of hydrogen-bond acceptors (Lipinski definition) is 9. The maximum absolute atomic E-state index is 13.3. The number of carbonyl (C=O) groups is 1. The molecule has 0 bridgehead atoms. The molecule has 0 unspecified atom stereocenters. The molecule has 0 atom stereocenters. The van der Waals surface area contributed by atoms with Crippen molar-refractivity contribution in [3.8, 4) is 0 Å². The van der Waals surface area contributed by atoms with E-state index in [1.54, 1.807) is 0 Å². The molecule has 1 aliphatic heterocycles. The summed E-state index contributed by atoms with van der Waals surface area (Å²) in [6, 6.07) is 5.84. The van der Waals surface area contributed by atoms with Crippen LogP contribution >= 0.6 is 22.9 Å². The largest absolute Gasteiger partial charge is 0.395 e. The fraction of sp³-hybridized carbons (Fsp3) is 0.333. The van der Waals surface area contributed by atoms with E-state index in [0.29, 0.717) is 33.9 Å². The summed E-state index contributed by atoms with van der Waals surface area (Å²) in [5, 5.41) is 15.4. The number of β-amino-alcohol motifs (C(OH)–C–C–N with tert-alkyl or cyclic N) is 1. The molecule has 3 aromatic rings. The van der Waals surface area contributed by atoms with Gasteiger partial charge in [0.2, 0.25) is 0 Å². The van der Waals surface area contributed by atoms with Gasteiger partial charge in [0.15, 0.2) is 5.13 Å². The fourth-order valence-electron chi connectivity index (χ4n) is 3.43. The van der Waals surface area contributed by atoms with Crippen molar-refractivity contribution in [2.24, 2.45) is 0 Å². The minimum Gasteiger partial charge on any atom is -0.395 e. The Bertz CT molecular complexity index is 1140. The molecular weight excluding hydrogens is 469 g/mol. The number of aryl methyl sites for hydroxylation is 1. The third-order valence-electron chi connectivity index (χ3n) is 5.08. The number of rotatable bonds is 7. The molecule has 0 radical (unpaired) electrons. The average Bonchev–Trinajstić information content (AvgIpc) is 3.25. The van der Waals surface area contributed by atoms with Gasteiger partial charge in [-0.1, -0.05) is 22.9 Å². The first kappa shape index (κ1) is 23.3. The molecule has 4 rings (SSSR count). The lowest BCUT2D eigenvalue weighted by atomic mass is 10.3. The summed E-state index contributed by atoms with van der Waals surface area (Å²) in [4.78, 5) is 30.5. The number of thiazole rings is 1. The Balaban J connectivity index is 1.41. The van der Waals surface area contributed by atoms with E-state index in [1.807, 2.05) is 13.0 Å². The van der Waals surface area contributed by atoms with Crippen LogP contribution in [-0.2, 0) is 0 Å². The summed E-state index contributed by atoms with van der Waals surface area (Å²) in [6.45, 7) is 6.00. The van der Waals surface area contributed by atoms with Crippen molar-refractivity contribution in [2.45, 2.75) is 6.92 Å². The highest BCUT2D eigenvalue weighted by atomic mass is 35.5. The first-order valence-corrected chi connectivity index (χ1v) is 11.5. The number of carbonyl (C=O) groups excluding carboxylic acids is 1. The van der Waals surface area contributed by atoms with Crippen LogP contribution in [0.5, 0.6) is 0 Å². The number of halogens is 2. The van der Waals surface area contributed by atoms with Crippen LogP contribution in [0, 0.1) is 12.7 Å². The SMILES string of the molecule is Cc1nc(Nc2ncc(C(=O)Nc3ccc(F)c(Cl)c3)s2)cc(N2CCN(CCO)CC2)n1. The third kappa shape index (κ3) is 5.93. The molecule has 12 heteroatoms. The monoisotopic (exact) mass is 491 g/mol. The summed E-state index contributed by atoms with van der Waals surface area (Å²) in [7, 11) is 0. The Morgan fingerprint density at radius 2 is 2.03 bits per heavy atom. The molecule has 1 saturated heterocycles. The van der Waals surface area contributed by atoms with Crippen molar-refractivity contribution >= 4 is 51.3 Å². The highest BCUT2D eigenvalue weighted by Crippen LogP contribution is 2.26. The van der Waals surface area contributed by atoms with Crippen molar-refractivity contribution in [1.82, 2.24) is 19.9 Å². The number of aromatic nitrogens is 3. The van der Waals surface area contributed by atoms with Gasteiger partial charge in [0.1, 0.15) is 28.2 Å². The molecule has 1 aromatic carbocycles. The van der Waals surface area contributed by atoms with Gasteiger partial charge >= 0.3 is 0 Å². The van der Waals surface area contributed by atoms with Crippen molar-refractivity contribution in [3.63, 3.8) is 0 Å². The zero-order valence-electron chi connectivity index (χ0n) is 17.9. The molecule has 33 heavy (non-hydrogen) atoms. The second kappa shape index (κ2) is 10.4. The molecule has 0 saturated carbocycles. The van der Waals surface area contributed by atoms with Gasteiger partial charge in [-0.2, -0.15) is 0 Å². The van der Waals surface area contributed by atoms with Gasteiger partial charge in [-0.15, -0.1) is 0 Å². The number of benzene rings is 1. The summed E-state index contributed by atoms with van der Waals surface area (Å²) >= 11 is 6.94. The zero-order chi connectivity index (χ0) is 23.4. The fourth-order valence-corrected chi connectivity index (χ4v) is 4.33. The number of aliphatic hydroxyl groups excluding tert-OH is 1. The lowest BCUT2D eigenvalue weighted by Gasteiger charge is -2.35. The van der Waals surface area contributed by atoms with Crippen molar-refractivity contribution in [1.29, 1.82) is 0 Å². The van der Waals surface area contributed by atoms with E-state index in [4.69, 9.17) is 16.7 Å². The van der Waals surface area contributed by atoms with E-state index in [2.05, 4.69) is 35.4 Å². The summed E-state index contributed by atoms with van der Waals surface area (Å²) < 4.78 is 13.3. The quantitative estimate of drug-likeness (QED) is 0.463. The lowest BCUT2D eigenvalue weighted by molar-refractivity contribution is 0.103. The zero-order valence-corrected chi connectivity index (χ0v) is 19.5. The van der Waals surface area contributed by atoms with Crippen LogP contribution in [-0.4, -0.2) is 70.2 Å². The number of piperazine rings is 1. The van der Waals surface area contributed by atoms with Crippen molar-refractivity contribution < 1.29 is 14.3 Å². The molecule has 1 fully saturated rings. The minimum atomic E-state index is -0.550. The van der Waals surface area contributed by atoms with E-state index < -0.39 is 5.82 Å². The van der Waals surface area contributed by atoms with E-state index in [9.17, 15) is 9.18 Å². The molecule has 1 amide bonds. The maximum Gasteiger partial charge on any atom is 0.267 e. The first-order valence-electron chi connectivity index (χ1n) is 10.3. The molecule has 3 N–H and O–H groups in total. The van der Waals surface area contributed by atoms with E-state index in [1.165, 1.54) is 35.7 Å². The predicted octanol–water partition coefficient (Wildman–Crippen LogP) is 3.14. The van der Waals surface area contributed by atoms with Crippen LogP contribution in [0.1, 0.15) is 15.5 Å². The minimum absolute atomic E-state index is 0.0655. The molecule has 9 nitrogen and oxygen atoms in total. The third-order valence-corrected chi connectivity index (χ3v) is 6.28. The molecule has 0 aliphatic carbocycles. The lowest BCUT2D eigenvalue weighted by Crippen LogP contribution is -2.47. The summed E-state index contributed by atoms with van der Waals surface area (Å²) in [5.74, 6) is 1.10. The number of nitrogens with one attached hydrogen (secondary N) is 2. The molecular formula is C21H23ClFN7O2S. The predicted molar refractivity (Wildman–Crippen MR) is 127 cm³/mol. The Hall–Kier alpha value is -2.86.